The lowest BCUT2D eigenvalue weighted by atomic mass is 10.0. The van der Waals surface area contributed by atoms with Crippen molar-refractivity contribution < 1.29 is 9.53 Å². The van der Waals surface area contributed by atoms with E-state index < -0.39 is 5.25 Å². The summed E-state index contributed by atoms with van der Waals surface area (Å²) in [5.41, 5.74) is 6.51. The van der Waals surface area contributed by atoms with E-state index in [1.54, 1.807) is 7.11 Å². The number of thioether (sulfide) groups is 1. The highest BCUT2D eigenvalue weighted by Crippen LogP contribution is 2.38. The third-order valence-corrected chi connectivity index (χ3v) is 6.56. The Morgan fingerprint density at radius 1 is 1.13 bits per heavy atom. The van der Waals surface area contributed by atoms with Crippen LogP contribution in [-0.2, 0) is 17.6 Å². The van der Waals surface area contributed by atoms with Crippen LogP contribution in [0.1, 0.15) is 43.3 Å². The van der Waals surface area contributed by atoms with Crippen molar-refractivity contribution in [2.24, 2.45) is 0 Å². The van der Waals surface area contributed by atoms with E-state index in [-0.39, 0.29) is 11.9 Å². The molecule has 0 spiro atoms. The summed E-state index contributed by atoms with van der Waals surface area (Å²) >= 11 is 1.44. The molecular formula is C23H27N5O2S. The molecule has 162 valence electrons. The fourth-order valence-electron chi connectivity index (χ4n) is 3.58. The molecule has 7 nitrogen and oxygen atoms in total. The molecule has 0 saturated carbocycles. The second-order valence-corrected chi connectivity index (χ2v) is 8.55. The molecule has 1 amide bonds. The van der Waals surface area contributed by atoms with Crippen LogP contribution < -0.4 is 15.5 Å². The van der Waals surface area contributed by atoms with Gasteiger partial charge in [-0.15, -0.1) is 10.2 Å². The van der Waals surface area contributed by atoms with Gasteiger partial charge in [0.15, 0.2) is 5.82 Å². The number of aryl methyl sites for hydroxylation is 2. The molecule has 8 heteroatoms. The Kier molecular flexibility index (Phi) is 6.46. The summed E-state index contributed by atoms with van der Waals surface area (Å²) in [6.07, 6.45) is 2.75. The first-order valence-corrected chi connectivity index (χ1v) is 11.4. The van der Waals surface area contributed by atoms with Crippen LogP contribution in [0.25, 0.3) is 0 Å². The Labute approximate surface area is 186 Å². The normalized spacial score (nSPS) is 17.5. The van der Waals surface area contributed by atoms with Gasteiger partial charge in [0.25, 0.3) is 0 Å². The average molecular weight is 438 g/mol. The van der Waals surface area contributed by atoms with Gasteiger partial charge < -0.3 is 15.5 Å². The van der Waals surface area contributed by atoms with Crippen molar-refractivity contribution in [3.8, 4) is 5.75 Å². The molecule has 3 aromatic rings. The summed E-state index contributed by atoms with van der Waals surface area (Å²) in [5, 5.41) is 12.0. The molecular weight excluding hydrogens is 410 g/mol. The molecule has 0 radical (unpaired) electrons. The lowest BCUT2D eigenvalue weighted by molar-refractivity contribution is -0.116. The second kappa shape index (κ2) is 9.43. The van der Waals surface area contributed by atoms with Gasteiger partial charge >= 0.3 is 0 Å². The number of methoxy groups -OCH3 is 1. The number of rotatable bonds is 7. The van der Waals surface area contributed by atoms with Gasteiger partial charge in [-0.1, -0.05) is 49.9 Å². The van der Waals surface area contributed by atoms with Crippen LogP contribution in [0.2, 0.25) is 0 Å². The smallest absolute Gasteiger partial charge is 0.240 e. The zero-order valence-electron chi connectivity index (χ0n) is 18.0. The molecule has 0 bridgehead atoms. The number of hydrogen-bond acceptors (Lipinski definition) is 6. The van der Waals surface area contributed by atoms with Crippen molar-refractivity contribution in [3.63, 3.8) is 0 Å². The number of fused-ring (bicyclic) bond motifs is 1. The highest BCUT2D eigenvalue weighted by atomic mass is 32.2. The minimum Gasteiger partial charge on any atom is -0.497 e. The number of nitrogens with one attached hydrogen (secondary N) is 2. The maximum absolute atomic E-state index is 13.3. The predicted octanol–water partition coefficient (Wildman–Crippen LogP) is 4.20. The van der Waals surface area contributed by atoms with Crippen LogP contribution in [0.5, 0.6) is 5.75 Å². The number of anilines is 1. The number of carbonyl (C=O) groups excluding carboxylic acids is 1. The molecule has 0 aliphatic carbocycles. The van der Waals surface area contributed by atoms with E-state index in [2.05, 4.69) is 34.8 Å². The van der Waals surface area contributed by atoms with Gasteiger partial charge in [0.2, 0.25) is 11.1 Å². The first kappa shape index (κ1) is 21.2. The first-order valence-electron chi connectivity index (χ1n) is 10.5. The van der Waals surface area contributed by atoms with Crippen LogP contribution >= 0.6 is 11.8 Å². The Morgan fingerprint density at radius 3 is 2.52 bits per heavy atom. The van der Waals surface area contributed by atoms with Crippen LogP contribution in [0.15, 0.2) is 53.7 Å². The van der Waals surface area contributed by atoms with E-state index in [1.165, 1.54) is 17.3 Å². The van der Waals surface area contributed by atoms with Gasteiger partial charge in [-0.05, 0) is 48.2 Å². The summed E-state index contributed by atoms with van der Waals surface area (Å²) in [5.74, 6) is 1.58. The van der Waals surface area contributed by atoms with E-state index >= 15 is 0 Å². The fourth-order valence-corrected chi connectivity index (χ4v) is 4.68. The molecule has 0 saturated heterocycles. The standard InChI is InChI=1S/C23H27N5O2S/c1-4-6-19-25-26-23-28(19)27-20(16-9-13-18(30-3)14-10-16)21(31-23)22(29)24-17-11-7-15(5-2)8-12-17/h7-14,20-21,27H,4-6H2,1-3H3,(H,24,29). The van der Waals surface area contributed by atoms with Gasteiger partial charge in [0, 0.05) is 12.1 Å². The van der Waals surface area contributed by atoms with Gasteiger partial charge in [-0.3, -0.25) is 4.79 Å². The van der Waals surface area contributed by atoms with Crippen LogP contribution in [0, 0.1) is 0 Å². The van der Waals surface area contributed by atoms with E-state index in [0.29, 0.717) is 5.16 Å². The zero-order valence-corrected chi connectivity index (χ0v) is 18.8. The van der Waals surface area contributed by atoms with Crippen molar-refractivity contribution in [2.45, 2.75) is 49.6 Å². The van der Waals surface area contributed by atoms with Gasteiger partial charge in [0.1, 0.15) is 11.0 Å². The minimum absolute atomic E-state index is 0.0751. The third kappa shape index (κ3) is 4.54. The van der Waals surface area contributed by atoms with Crippen molar-refractivity contribution in [1.29, 1.82) is 0 Å². The Bertz CT molecular complexity index is 1030. The molecule has 1 aliphatic rings. The van der Waals surface area contributed by atoms with Crippen LogP contribution in [0.4, 0.5) is 5.69 Å². The molecule has 2 heterocycles. The van der Waals surface area contributed by atoms with Gasteiger partial charge in [0.05, 0.1) is 13.2 Å². The molecule has 4 rings (SSSR count). The lowest BCUT2D eigenvalue weighted by Gasteiger charge is -2.33. The van der Waals surface area contributed by atoms with Crippen LogP contribution in [-0.4, -0.2) is 33.1 Å². The molecule has 0 fully saturated rings. The van der Waals surface area contributed by atoms with Crippen molar-refractivity contribution in [3.05, 3.63) is 65.5 Å². The Morgan fingerprint density at radius 2 is 1.87 bits per heavy atom. The number of benzene rings is 2. The summed E-state index contributed by atoms with van der Waals surface area (Å²) in [4.78, 5) is 13.3. The highest BCUT2D eigenvalue weighted by Gasteiger charge is 2.37. The molecule has 31 heavy (non-hydrogen) atoms. The lowest BCUT2D eigenvalue weighted by Crippen LogP contribution is -2.41. The van der Waals surface area contributed by atoms with Crippen molar-refractivity contribution in [1.82, 2.24) is 14.9 Å². The quantitative estimate of drug-likeness (QED) is 0.577. The Hall–Kier alpha value is -3.00. The topological polar surface area (TPSA) is 81.1 Å². The van der Waals surface area contributed by atoms with Crippen molar-refractivity contribution in [2.75, 3.05) is 17.9 Å². The zero-order chi connectivity index (χ0) is 21.8. The Balaban J connectivity index is 1.63. The predicted molar refractivity (Wildman–Crippen MR) is 123 cm³/mol. The number of hydrogen-bond donors (Lipinski definition) is 2. The molecule has 1 aromatic heterocycles. The number of carbonyl (C=O) groups is 1. The number of ether oxygens (including phenoxy) is 1. The largest absolute Gasteiger partial charge is 0.497 e. The monoisotopic (exact) mass is 437 g/mol. The third-order valence-electron chi connectivity index (χ3n) is 5.34. The summed E-state index contributed by atoms with van der Waals surface area (Å²) < 4.78 is 7.21. The van der Waals surface area contributed by atoms with E-state index in [0.717, 1.165) is 42.1 Å². The maximum Gasteiger partial charge on any atom is 0.240 e. The van der Waals surface area contributed by atoms with E-state index in [4.69, 9.17) is 4.74 Å². The molecule has 1 aliphatic heterocycles. The molecule has 2 aromatic carbocycles. The van der Waals surface area contributed by atoms with Crippen molar-refractivity contribution >= 4 is 23.4 Å². The SMILES string of the molecule is CCCc1nnc2n1NC(c1ccc(OC)cc1)C(C(=O)Nc1ccc(CC)cc1)S2. The number of amides is 1. The summed E-state index contributed by atoms with van der Waals surface area (Å²) in [6.45, 7) is 4.22. The second-order valence-electron chi connectivity index (χ2n) is 7.44. The maximum atomic E-state index is 13.3. The fraction of sp³-hybridized carbons (Fsp3) is 0.348. The minimum atomic E-state index is -0.412. The number of nitrogens with zero attached hydrogens (tertiary/aromatic N) is 3. The molecule has 2 atom stereocenters. The highest BCUT2D eigenvalue weighted by molar-refractivity contribution is 8.00. The number of aromatic nitrogens is 3. The molecule has 2 unspecified atom stereocenters. The van der Waals surface area contributed by atoms with E-state index in [9.17, 15) is 4.79 Å². The average Bonchev–Trinajstić information content (AvgIpc) is 3.21. The summed E-state index contributed by atoms with van der Waals surface area (Å²) in [7, 11) is 1.64. The van der Waals surface area contributed by atoms with Gasteiger partial charge in [-0.2, -0.15) is 0 Å². The summed E-state index contributed by atoms with van der Waals surface area (Å²) in [6, 6.07) is 15.5. The van der Waals surface area contributed by atoms with Gasteiger partial charge in [-0.25, -0.2) is 4.68 Å². The molecule has 2 N–H and O–H groups in total. The van der Waals surface area contributed by atoms with Crippen LogP contribution in [0.3, 0.4) is 0 Å². The first-order chi connectivity index (χ1) is 15.1. The van der Waals surface area contributed by atoms with E-state index in [1.807, 2.05) is 53.2 Å².